The average Bonchev–Trinajstić information content (AvgIpc) is 2.26. The van der Waals surface area contributed by atoms with Crippen molar-refractivity contribution in [3.8, 4) is 0 Å². The second kappa shape index (κ2) is 5.58. The maximum atomic E-state index is 11.7. The van der Waals surface area contributed by atoms with E-state index in [1.165, 1.54) is 0 Å². The van der Waals surface area contributed by atoms with Gasteiger partial charge in [-0.1, -0.05) is 0 Å². The molecular weight excluding hydrogens is 278 g/mol. The number of rotatable bonds is 5. The van der Waals surface area contributed by atoms with Gasteiger partial charge in [0.15, 0.2) is 0 Å². The molecule has 5 N–H and O–H groups in total. The van der Waals surface area contributed by atoms with E-state index >= 15 is 0 Å². The molecule has 0 aromatic carbocycles. The maximum Gasteiger partial charge on any atom is 0.300 e. The van der Waals surface area contributed by atoms with Crippen molar-refractivity contribution in [3.05, 3.63) is 27.9 Å². The zero-order valence-corrected chi connectivity index (χ0v) is 10.4. The minimum atomic E-state index is -3.72. The first-order valence-corrected chi connectivity index (χ1v) is 6.61. The molecule has 104 valence electrons. The lowest BCUT2D eigenvalue weighted by molar-refractivity contribution is -0.385. The van der Waals surface area contributed by atoms with Gasteiger partial charge in [0, 0.05) is 6.54 Å². The van der Waals surface area contributed by atoms with Crippen molar-refractivity contribution in [2.75, 3.05) is 18.0 Å². The summed E-state index contributed by atoms with van der Waals surface area (Å²) in [5.74, 6) is -1.38. The van der Waals surface area contributed by atoms with Crippen molar-refractivity contribution >= 4 is 27.4 Å². The molecule has 0 aliphatic carbocycles. The van der Waals surface area contributed by atoms with E-state index in [9.17, 15) is 23.3 Å². The highest BCUT2D eigenvalue weighted by Crippen LogP contribution is 2.18. The third-order valence-electron chi connectivity index (χ3n) is 2.02. The van der Waals surface area contributed by atoms with Gasteiger partial charge in [-0.2, -0.15) is 0 Å². The second-order valence-electron chi connectivity index (χ2n) is 3.51. The van der Waals surface area contributed by atoms with Crippen LogP contribution < -0.4 is 16.2 Å². The first kappa shape index (κ1) is 14.8. The third-order valence-corrected chi connectivity index (χ3v) is 2.79. The highest BCUT2D eigenvalue weighted by atomic mass is 32.2. The molecule has 11 heteroatoms. The molecule has 0 aliphatic rings. The molecule has 10 nitrogen and oxygen atoms in total. The van der Waals surface area contributed by atoms with E-state index in [2.05, 4.69) is 10.3 Å². The minimum absolute atomic E-state index is 0.0674. The first-order valence-electron chi connectivity index (χ1n) is 4.89. The maximum absolute atomic E-state index is 11.7. The fourth-order valence-corrected chi connectivity index (χ4v) is 1.58. The molecule has 0 spiro atoms. The summed E-state index contributed by atoms with van der Waals surface area (Å²) >= 11 is 0. The zero-order chi connectivity index (χ0) is 14.6. The Hall–Kier alpha value is -2.27. The van der Waals surface area contributed by atoms with Crippen LogP contribution in [0.3, 0.4) is 0 Å². The van der Waals surface area contributed by atoms with E-state index in [1.807, 2.05) is 0 Å². The standard InChI is InChI=1S/C8H11N5O5S/c9-7-3-5(6(4-12-7)13(15)16)8(14)11-1-2-19(10,17)18/h3-4H,1-2H2,(H2,9,12)(H,11,14)(H2,10,17,18). The molecule has 1 aromatic rings. The number of primary sulfonamides is 1. The molecule has 0 saturated heterocycles. The summed E-state index contributed by atoms with van der Waals surface area (Å²) in [6, 6.07) is 1.03. The van der Waals surface area contributed by atoms with Gasteiger partial charge in [-0.3, -0.25) is 14.9 Å². The van der Waals surface area contributed by atoms with Crippen LogP contribution in [0.4, 0.5) is 11.5 Å². The number of nitrogens with zero attached hydrogens (tertiary/aromatic N) is 2. The van der Waals surface area contributed by atoms with E-state index in [0.717, 1.165) is 12.3 Å². The van der Waals surface area contributed by atoms with Gasteiger partial charge < -0.3 is 11.1 Å². The zero-order valence-electron chi connectivity index (χ0n) is 9.57. The molecule has 0 atom stereocenters. The number of hydrogen-bond acceptors (Lipinski definition) is 7. The van der Waals surface area contributed by atoms with E-state index in [0.29, 0.717) is 0 Å². The van der Waals surface area contributed by atoms with Crippen LogP contribution in [-0.4, -0.2) is 36.5 Å². The predicted octanol–water partition coefficient (Wildman–Crippen LogP) is -1.41. The van der Waals surface area contributed by atoms with Crippen molar-refractivity contribution in [1.29, 1.82) is 0 Å². The van der Waals surface area contributed by atoms with Gasteiger partial charge in [-0.25, -0.2) is 18.5 Å². The van der Waals surface area contributed by atoms with E-state index in [4.69, 9.17) is 10.9 Å². The highest BCUT2D eigenvalue weighted by Gasteiger charge is 2.21. The number of amides is 1. The summed E-state index contributed by atoms with van der Waals surface area (Å²) in [6.07, 6.45) is 0.851. The van der Waals surface area contributed by atoms with Crippen LogP contribution in [0.5, 0.6) is 0 Å². The Morgan fingerprint density at radius 3 is 2.68 bits per heavy atom. The highest BCUT2D eigenvalue weighted by molar-refractivity contribution is 7.89. The van der Waals surface area contributed by atoms with Crippen LogP contribution in [0, 0.1) is 10.1 Å². The molecule has 0 unspecified atom stereocenters. The van der Waals surface area contributed by atoms with Gasteiger partial charge in [-0.05, 0) is 6.07 Å². The number of pyridine rings is 1. The lowest BCUT2D eigenvalue weighted by Gasteiger charge is -2.05. The van der Waals surface area contributed by atoms with Crippen LogP contribution in [-0.2, 0) is 10.0 Å². The molecule has 0 saturated carbocycles. The Labute approximate surface area is 108 Å². The lowest BCUT2D eigenvalue weighted by Crippen LogP contribution is -2.31. The number of nitro groups is 1. The number of carbonyl (C=O) groups excluding carboxylic acids is 1. The summed E-state index contributed by atoms with van der Waals surface area (Å²) in [4.78, 5) is 25.1. The summed E-state index contributed by atoms with van der Waals surface area (Å²) in [7, 11) is -3.72. The van der Waals surface area contributed by atoms with Crippen LogP contribution >= 0.6 is 0 Å². The molecular formula is C8H11N5O5S. The fourth-order valence-electron chi connectivity index (χ4n) is 1.19. The Morgan fingerprint density at radius 1 is 1.53 bits per heavy atom. The minimum Gasteiger partial charge on any atom is -0.384 e. The number of sulfonamides is 1. The van der Waals surface area contributed by atoms with Gasteiger partial charge in [-0.15, -0.1) is 0 Å². The normalized spacial score (nSPS) is 11.0. The Kier molecular flexibility index (Phi) is 4.34. The van der Waals surface area contributed by atoms with Crippen molar-refractivity contribution in [2.45, 2.75) is 0 Å². The van der Waals surface area contributed by atoms with Crippen LogP contribution in [0.2, 0.25) is 0 Å². The predicted molar refractivity (Wildman–Crippen MR) is 65.6 cm³/mol. The molecule has 1 heterocycles. The monoisotopic (exact) mass is 289 g/mol. The van der Waals surface area contributed by atoms with Gasteiger partial charge >= 0.3 is 0 Å². The average molecular weight is 289 g/mol. The Balaban J connectivity index is 2.87. The first-order chi connectivity index (χ1) is 8.70. The molecule has 1 rings (SSSR count). The van der Waals surface area contributed by atoms with Gasteiger partial charge in [0.2, 0.25) is 10.0 Å². The van der Waals surface area contributed by atoms with Gasteiger partial charge in [0.05, 0.1) is 10.7 Å². The van der Waals surface area contributed by atoms with Crippen molar-refractivity contribution in [3.63, 3.8) is 0 Å². The van der Waals surface area contributed by atoms with Crippen LogP contribution in [0.25, 0.3) is 0 Å². The van der Waals surface area contributed by atoms with Gasteiger partial charge in [0.25, 0.3) is 11.6 Å². The second-order valence-corrected chi connectivity index (χ2v) is 5.24. The summed E-state index contributed by atoms with van der Waals surface area (Å²) in [5.41, 5.74) is 4.51. The molecule has 1 amide bonds. The molecule has 1 aromatic heterocycles. The topological polar surface area (TPSA) is 171 Å². The fraction of sp³-hybridized carbons (Fsp3) is 0.250. The number of nitrogens with two attached hydrogens (primary N) is 2. The van der Waals surface area contributed by atoms with Crippen molar-refractivity contribution in [2.24, 2.45) is 5.14 Å². The van der Waals surface area contributed by atoms with Crippen LogP contribution in [0.15, 0.2) is 12.3 Å². The summed E-state index contributed by atoms with van der Waals surface area (Å²) in [5, 5.41) is 17.6. The number of anilines is 1. The SMILES string of the molecule is Nc1cc(C(=O)NCCS(N)(=O)=O)c([N+](=O)[O-])cn1. The summed E-state index contributed by atoms with van der Waals surface area (Å²) in [6.45, 7) is -0.267. The Morgan fingerprint density at radius 2 is 2.16 bits per heavy atom. The van der Waals surface area contributed by atoms with E-state index in [-0.39, 0.29) is 17.9 Å². The van der Waals surface area contributed by atoms with Gasteiger partial charge in [0.1, 0.15) is 17.6 Å². The molecule has 19 heavy (non-hydrogen) atoms. The number of hydrogen-bond donors (Lipinski definition) is 3. The number of nitrogen functional groups attached to an aromatic ring is 1. The largest absolute Gasteiger partial charge is 0.384 e. The smallest absolute Gasteiger partial charge is 0.300 e. The lowest BCUT2D eigenvalue weighted by atomic mass is 10.2. The molecule has 0 bridgehead atoms. The number of carbonyl (C=O) groups is 1. The van der Waals surface area contributed by atoms with Crippen molar-refractivity contribution < 1.29 is 18.1 Å². The molecule has 0 fully saturated rings. The number of nitrogens with one attached hydrogen (secondary N) is 1. The summed E-state index contributed by atoms with van der Waals surface area (Å²) < 4.78 is 21.3. The third kappa shape index (κ3) is 4.48. The molecule has 0 aliphatic heterocycles. The molecule has 0 radical (unpaired) electrons. The van der Waals surface area contributed by atoms with Crippen molar-refractivity contribution in [1.82, 2.24) is 10.3 Å². The number of aromatic nitrogens is 1. The quantitative estimate of drug-likeness (QED) is 0.441. The Bertz CT molecular complexity index is 614. The van der Waals surface area contributed by atoms with Crippen LogP contribution in [0.1, 0.15) is 10.4 Å². The van der Waals surface area contributed by atoms with E-state index in [1.54, 1.807) is 0 Å². The van der Waals surface area contributed by atoms with E-state index < -0.39 is 32.3 Å².